The van der Waals surface area contributed by atoms with Crippen LogP contribution in [0.5, 0.6) is 0 Å². The highest BCUT2D eigenvalue weighted by molar-refractivity contribution is 5.68. The lowest BCUT2D eigenvalue weighted by molar-refractivity contribution is -0.0713. The minimum absolute atomic E-state index is 0.0235. The van der Waals surface area contributed by atoms with Crippen molar-refractivity contribution < 1.29 is 9.13 Å². The maximum Gasteiger partial charge on any atom is 0.247 e. The zero-order valence-electron chi connectivity index (χ0n) is 19.0. The Morgan fingerprint density at radius 1 is 1.09 bits per heavy atom. The highest BCUT2D eigenvalue weighted by Crippen LogP contribution is 2.35. The summed E-state index contributed by atoms with van der Waals surface area (Å²) in [6.45, 7) is 3.29. The zero-order chi connectivity index (χ0) is 23.9. The van der Waals surface area contributed by atoms with Crippen molar-refractivity contribution in [1.82, 2.24) is 24.5 Å². The standard InChI is InChI=1S/C24H24FN9O/c25-21-19(15-3-5-33(6-4-15)18-12-35-13-18)7-14(9-26)8-20(21)30-24-31-22(29-16-1-2-16)23-28-11-17(10-27)34(23)32-24/h7-8,11,15-16,18H,1-6,12-13H2,(H2,29,30,31,32). The van der Waals surface area contributed by atoms with Crippen molar-refractivity contribution >= 4 is 23.1 Å². The average molecular weight is 474 g/mol. The number of nitrogens with one attached hydrogen (secondary N) is 2. The van der Waals surface area contributed by atoms with Crippen LogP contribution in [0.1, 0.15) is 48.4 Å². The Morgan fingerprint density at radius 3 is 2.54 bits per heavy atom. The van der Waals surface area contributed by atoms with Gasteiger partial charge in [-0.25, -0.2) is 9.37 Å². The minimum Gasteiger partial charge on any atom is -0.378 e. The third-order valence-corrected chi connectivity index (χ3v) is 6.98. The molecule has 11 heteroatoms. The van der Waals surface area contributed by atoms with Gasteiger partial charge in [0.05, 0.1) is 42.8 Å². The normalized spacial score (nSPS) is 19.2. The van der Waals surface area contributed by atoms with E-state index in [2.05, 4.69) is 42.7 Å². The van der Waals surface area contributed by atoms with Crippen molar-refractivity contribution in [2.75, 3.05) is 36.9 Å². The largest absolute Gasteiger partial charge is 0.378 e. The number of ether oxygens (including phenoxy) is 1. The Morgan fingerprint density at radius 2 is 1.89 bits per heavy atom. The fourth-order valence-electron chi connectivity index (χ4n) is 4.76. The van der Waals surface area contributed by atoms with Crippen molar-refractivity contribution in [2.45, 2.75) is 43.7 Å². The summed E-state index contributed by atoms with van der Waals surface area (Å²) in [5.41, 5.74) is 1.74. The van der Waals surface area contributed by atoms with E-state index in [1.54, 1.807) is 6.07 Å². The third-order valence-electron chi connectivity index (χ3n) is 6.98. The molecule has 10 nitrogen and oxygen atoms in total. The van der Waals surface area contributed by atoms with Crippen molar-refractivity contribution in [2.24, 2.45) is 0 Å². The first-order valence-corrected chi connectivity index (χ1v) is 11.9. The molecule has 3 aromatic rings. The molecule has 0 amide bonds. The molecule has 0 radical (unpaired) electrons. The number of imidazole rings is 1. The van der Waals surface area contributed by atoms with Gasteiger partial charge in [-0.15, -0.1) is 5.10 Å². The van der Waals surface area contributed by atoms with E-state index in [9.17, 15) is 10.5 Å². The Kier molecular flexibility index (Phi) is 5.44. The van der Waals surface area contributed by atoms with Crippen LogP contribution in [-0.4, -0.2) is 62.9 Å². The molecule has 1 aliphatic carbocycles. The molecule has 3 fully saturated rings. The van der Waals surface area contributed by atoms with Crippen molar-refractivity contribution in [3.05, 3.63) is 41.0 Å². The molecule has 1 saturated carbocycles. The van der Waals surface area contributed by atoms with Crippen molar-refractivity contribution in [3.63, 3.8) is 0 Å². The average Bonchev–Trinajstić information content (AvgIpc) is 3.56. The molecule has 0 bridgehead atoms. The van der Waals surface area contributed by atoms with E-state index in [4.69, 9.17) is 4.74 Å². The molecule has 0 atom stereocenters. The molecule has 2 saturated heterocycles. The minimum atomic E-state index is -0.402. The zero-order valence-corrected chi connectivity index (χ0v) is 19.0. The monoisotopic (exact) mass is 473 g/mol. The lowest BCUT2D eigenvalue weighted by Crippen LogP contribution is -2.51. The third kappa shape index (κ3) is 4.14. The number of anilines is 3. The smallest absolute Gasteiger partial charge is 0.247 e. The van der Waals surface area contributed by atoms with Crippen molar-refractivity contribution in [1.29, 1.82) is 10.5 Å². The number of hydrogen-bond donors (Lipinski definition) is 2. The number of likely N-dealkylation sites (tertiary alicyclic amines) is 1. The number of halogens is 1. The van der Waals surface area contributed by atoms with E-state index < -0.39 is 5.82 Å². The molecule has 0 spiro atoms. The Labute approximate surface area is 201 Å². The molecule has 2 aromatic heterocycles. The predicted molar refractivity (Wildman–Crippen MR) is 125 cm³/mol. The maximum absolute atomic E-state index is 15.8. The van der Waals surface area contributed by atoms with Crippen LogP contribution in [0.25, 0.3) is 5.65 Å². The number of hydrogen-bond acceptors (Lipinski definition) is 9. The van der Waals surface area contributed by atoms with Crippen LogP contribution in [0.3, 0.4) is 0 Å². The van der Waals surface area contributed by atoms with Gasteiger partial charge in [-0.3, -0.25) is 4.90 Å². The summed E-state index contributed by atoms with van der Waals surface area (Å²) >= 11 is 0. The van der Waals surface area contributed by atoms with Crippen molar-refractivity contribution in [3.8, 4) is 12.1 Å². The summed E-state index contributed by atoms with van der Waals surface area (Å²) in [5.74, 6) is 0.224. The first kappa shape index (κ1) is 21.7. The summed E-state index contributed by atoms with van der Waals surface area (Å²) in [5, 5.41) is 29.7. The van der Waals surface area contributed by atoms with Crippen LogP contribution in [0, 0.1) is 28.5 Å². The number of benzene rings is 1. The number of aromatic nitrogens is 4. The number of rotatable bonds is 6. The SMILES string of the molecule is N#Cc1cc(Nc2nc(NC3CC3)c3ncc(C#N)n3n2)c(F)c(C2CCN(C3COC3)CC2)c1. The summed E-state index contributed by atoms with van der Waals surface area (Å²) in [4.78, 5) is 11.2. The Bertz CT molecular complexity index is 1360. The van der Waals surface area contributed by atoms with E-state index in [0.717, 1.165) is 52.0 Å². The maximum atomic E-state index is 15.8. The molecule has 2 aliphatic heterocycles. The molecule has 35 heavy (non-hydrogen) atoms. The quantitative estimate of drug-likeness (QED) is 0.555. The van der Waals surface area contributed by atoms with Crippen LogP contribution in [0.15, 0.2) is 18.3 Å². The summed E-state index contributed by atoms with van der Waals surface area (Å²) in [6, 6.07) is 8.11. The molecule has 6 rings (SSSR count). The van der Waals surface area contributed by atoms with Gasteiger partial charge >= 0.3 is 0 Å². The van der Waals surface area contributed by atoms with Gasteiger partial charge < -0.3 is 15.4 Å². The van der Waals surface area contributed by atoms with Gasteiger partial charge in [0.15, 0.2) is 17.2 Å². The molecule has 0 unspecified atom stereocenters. The van der Waals surface area contributed by atoms with Gasteiger partial charge in [0.25, 0.3) is 0 Å². The summed E-state index contributed by atoms with van der Waals surface area (Å²) < 4.78 is 22.5. The number of fused-ring (bicyclic) bond motifs is 1. The summed E-state index contributed by atoms with van der Waals surface area (Å²) in [6.07, 6.45) is 5.13. The topological polar surface area (TPSA) is 127 Å². The van der Waals surface area contributed by atoms with Crippen LogP contribution in [-0.2, 0) is 4.74 Å². The van der Waals surface area contributed by atoms with E-state index in [0.29, 0.717) is 34.7 Å². The van der Waals surface area contributed by atoms with Gasteiger partial charge in [0, 0.05) is 6.04 Å². The van der Waals surface area contributed by atoms with E-state index in [1.807, 2.05) is 0 Å². The fraction of sp³-hybridized carbons (Fsp3) is 0.458. The second-order valence-electron chi connectivity index (χ2n) is 9.36. The number of piperidine rings is 1. The van der Waals surface area contributed by atoms with Gasteiger partial charge in [-0.05, 0) is 62.4 Å². The van der Waals surface area contributed by atoms with Gasteiger partial charge in [0.2, 0.25) is 5.95 Å². The first-order valence-electron chi connectivity index (χ1n) is 11.9. The first-order chi connectivity index (χ1) is 17.1. The molecular formula is C24H24FN9O. The van der Waals surface area contributed by atoms with Crippen LogP contribution in [0.4, 0.5) is 21.8 Å². The van der Waals surface area contributed by atoms with Crippen LogP contribution < -0.4 is 10.6 Å². The van der Waals surface area contributed by atoms with Gasteiger partial charge in [-0.2, -0.15) is 20.0 Å². The second kappa shape index (κ2) is 8.77. The highest BCUT2D eigenvalue weighted by Gasteiger charge is 2.31. The number of nitrogens with zero attached hydrogens (tertiary/aromatic N) is 7. The van der Waals surface area contributed by atoms with E-state index in [1.165, 1.54) is 16.8 Å². The fourth-order valence-corrected chi connectivity index (χ4v) is 4.76. The van der Waals surface area contributed by atoms with E-state index in [-0.39, 0.29) is 23.2 Å². The van der Waals surface area contributed by atoms with E-state index >= 15 is 4.39 Å². The Hall–Kier alpha value is -3.80. The molecular weight excluding hydrogens is 449 g/mol. The molecule has 1 aromatic carbocycles. The molecule has 2 N–H and O–H groups in total. The highest BCUT2D eigenvalue weighted by atomic mass is 19.1. The second-order valence-corrected chi connectivity index (χ2v) is 9.36. The van der Waals surface area contributed by atoms with Crippen LogP contribution >= 0.6 is 0 Å². The van der Waals surface area contributed by atoms with Crippen LogP contribution in [0.2, 0.25) is 0 Å². The predicted octanol–water partition coefficient (Wildman–Crippen LogP) is 2.90. The lowest BCUT2D eigenvalue weighted by atomic mass is 9.87. The molecule has 3 aliphatic rings. The summed E-state index contributed by atoms with van der Waals surface area (Å²) in [7, 11) is 0. The van der Waals surface area contributed by atoms with Gasteiger partial charge in [0.1, 0.15) is 11.9 Å². The molecule has 178 valence electrons. The Balaban J connectivity index is 1.31. The number of nitriles is 2. The van der Waals surface area contributed by atoms with Gasteiger partial charge in [-0.1, -0.05) is 0 Å². The molecule has 4 heterocycles. The lowest BCUT2D eigenvalue weighted by Gasteiger charge is -2.41.